The van der Waals surface area contributed by atoms with Crippen LogP contribution in [0, 0.1) is 11.8 Å². The highest BCUT2D eigenvalue weighted by Gasteiger charge is 2.67. The molecule has 1 heterocycles. The van der Waals surface area contributed by atoms with Gasteiger partial charge in [0.1, 0.15) is 5.60 Å². The summed E-state index contributed by atoms with van der Waals surface area (Å²) in [7, 11) is 0. The number of aromatic nitrogens is 1. The highest BCUT2D eigenvalue weighted by molar-refractivity contribution is 6.30. The van der Waals surface area contributed by atoms with Gasteiger partial charge in [0.25, 0.3) is 0 Å². The topological polar surface area (TPSA) is 33.1 Å². The minimum atomic E-state index is -0.622. The third-order valence-electron chi connectivity index (χ3n) is 3.68. The number of hydrogen-bond acceptors (Lipinski definition) is 2. The molecular formula is C11H12ClNO. The molecule has 14 heavy (non-hydrogen) atoms. The van der Waals surface area contributed by atoms with Crippen LogP contribution in [0.4, 0.5) is 0 Å². The minimum Gasteiger partial charge on any atom is -0.383 e. The van der Waals surface area contributed by atoms with Crippen molar-refractivity contribution < 1.29 is 5.11 Å². The minimum absolute atomic E-state index is 0.455. The largest absolute Gasteiger partial charge is 0.383 e. The zero-order valence-electron chi connectivity index (χ0n) is 7.78. The van der Waals surface area contributed by atoms with Gasteiger partial charge in [-0.25, -0.2) is 0 Å². The molecule has 2 unspecified atom stereocenters. The summed E-state index contributed by atoms with van der Waals surface area (Å²) in [4.78, 5) is 4.21. The fourth-order valence-corrected chi connectivity index (χ4v) is 3.03. The second-order valence-electron chi connectivity index (χ2n) is 4.33. The average molecular weight is 210 g/mol. The number of nitrogens with zero attached hydrogens (tertiary/aromatic N) is 1. The Morgan fingerprint density at radius 1 is 1.36 bits per heavy atom. The van der Waals surface area contributed by atoms with E-state index in [0.717, 1.165) is 18.5 Å². The molecule has 2 nitrogen and oxygen atoms in total. The summed E-state index contributed by atoms with van der Waals surface area (Å²) in [6, 6.07) is 3.65. The summed E-state index contributed by atoms with van der Waals surface area (Å²) < 4.78 is 0. The fraction of sp³-hybridized carbons (Fsp3) is 0.545. The lowest BCUT2D eigenvalue weighted by atomic mass is 10.0. The summed E-state index contributed by atoms with van der Waals surface area (Å²) in [5.74, 6) is 0.910. The quantitative estimate of drug-likeness (QED) is 0.770. The second-order valence-corrected chi connectivity index (χ2v) is 4.77. The van der Waals surface area contributed by atoms with E-state index in [-0.39, 0.29) is 0 Å². The first-order chi connectivity index (χ1) is 6.73. The highest BCUT2D eigenvalue weighted by atomic mass is 35.5. The van der Waals surface area contributed by atoms with Gasteiger partial charge in [0.2, 0.25) is 0 Å². The normalized spacial score (nSPS) is 39.6. The van der Waals surface area contributed by atoms with Crippen molar-refractivity contribution in [2.45, 2.75) is 24.9 Å². The number of hydrogen-bond donors (Lipinski definition) is 1. The van der Waals surface area contributed by atoms with E-state index in [0.29, 0.717) is 16.9 Å². The first-order valence-electron chi connectivity index (χ1n) is 5.07. The predicted octanol–water partition coefficient (Wildman–Crippen LogP) is 2.35. The lowest BCUT2D eigenvalue weighted by Crippen LogP contribution is -2.14. The SMILES string of the molecule is OC1(c2ccc(Cl)cn2)C2CCCC21. The van der Waals surface area contributed by atoms with Crippen molar-refractivity contribution in [1.82, 2.24) is 4.98 Å². The summed E-state index contributed by atoms with van der Waals surface area (Å²) in [5.41, 5.74) is 0.180. The van der Waals surface area contributed by atoms with Crippen LogP contribution in [-0.4, -0.2) is 10.1 Å². The summed E-state index contributed by atoms with van der Waals surface area (Å²) in [6.45, 7) is 0. The van der Waals surface area contributed by atoms with E-state index in [2.05, 4.69) is 4.98 Å². The molecule has 0 aromatic carbocycles. The Labute approximate surface area is 87.9 Å². The van der Waals surface area contributed by atoms with Crippen LogP contribution >= 0.6 is 11.6 Å². The molecule has 1 N–H and O–H groups in total. The maximum Gasteiger partial charge on any atom is 0.113 e. The van der Waals surface area contributed by atoms with Gasteiger partial charge in [-0.1, -0.05) is 18.0 Å². The van der Waals surface area contributed by atoms with Crippen molar-refractivity contribution in [3.8, 4) is 0 Å². The smallest absolute Gasteiger partial charge is 0.113 e. The molecule has 3 heteroatoms. The Balaban J connectivity index is 1.93. The molecule has 0 radical (unpaired) electrons. The van der Waals surface area contributed by atoms with Crippen LogP contribution in [0.25, 0.3) is 0 Å². The summed E-state index contributed by atoms with van der Waals surface area (Å²) in [6.07, 6.45) is 5.16. The zero-order valence-corrected chi connectivity index (χ0v) is 8.54. The lowest BCUT2D eigenvalue weighted by Gasteiger charge is -2.13. The van der Waals surface area contributed by atoms with E-state index >= 15 is 0 Å². The predicted molar refractivity (Wildman–Crippen MR) is 54.0 cm³/mol. The summed E-state index contributed by atoms with van der Waals surface area (Å²) in [5, 5.41) is 11.0. The first kappa shape index (κ1) is 8.69. The van der Waals surface area contributed by atoms with E-state index in [9.17, 15) is 5.11 Å². The molecule has 2 atom stereocenters. The van der Waals surface area contributed by atoms with Crippen molar-refractivity contribution in [3.63, 3.8) is 0 Å². The van der Waals surface area contributed by atoms with Crippen LogP contribution in [-0.2, 0) is 5.60 Å². The third-order valence-corrected chi connectivity index (χ3v) is 3.90. The highest BCUT2D eigenvalue weighted by Crippen LogP contribution is 2.65. The van der Waals surface area contributed by atoms with E-state index in [4.69, 9.17) is 11.6 Å². The Bertz CT molecular complexity index is 352. The van der Waals surface area contributed by atoms with Crippen molar-refractivity contribution in [1.29, 1.82) is 0 Å². The molecule has 2 aliphatic carbocycles. The standard InChI is InChI=1S/C11H12ClNO/c12-7-4-5-10(13-6-7)11(14)8-2-1-3-9(8)11/h4-6,8-9,14H,1-3H2. The average Bonchev–Trinajstić information content (AvgIpc) is 2.63. The van der Waals surface area contributed by atoms with Gasteiger partial charge in [-0.15, -0.1) is 0 Å². The van der Waals surface area contributed by atoms with Gasteiger partial charge in [-0.05, 0) is 36.8 Å². The van der Waals surface area contributed by atoms with Gasteiger partial charge >= 0.3 is 0 Å². The van der Waals surface area contributed by atoms with E-state index in [1.165, 1.54) is 6.42 Å². The van der Waals surface area contributed by atoms with E-state index in [1.807, 2.05) is 6.07 Å². The molecular weight excluding hydrogens is 198 g/mol. The van der Waals surface area contributed by atoms with Gasteiger partial charge in [0, 0.05) is 6.20 Å². The van der Waals surface area contributed by atoms with Gasteiger partial charge in [0.05, 0.1) is 10.7 Å². The number of pyridine rings is 1. The van der Waals surface area contributed by atoms with E-state index in [1.54, 1.807) is 12.3 Å². The van der Waals surface area contributed by atoms with Crippen molar-refractivity contribution in [2.24, 2.45) is 11.8 Å². The molecule has 0 bridgehead atoms. The maximum atomic E-state index is 10.4. The molecule has 1 aromatic heterocycles. The van der Waals surface area contributed by atoms with Crippen LogP contribution < -0.4 is 0 Å². The van der Waals surface area contributed by atoms with Gasteiger partial charge in [0.15, 0.2) is 0 Å². The number of aliphatic hydroxyl groups is 1. The molecule has 2 saturated carbocycles. The van der Waals surface area contributed by atoms with Crippen molar-refractivity contribution in [3.05, 3.63) is 29.0 Å². The number of fused-ring (bicyclic) bond motifs is 1. The van der Waals surface area contributed by atoms with Crippen molar-refractivity contribution >= 4 is 11.6 Å². The summed E-state index contributed by atoms with van der Waals surface area (Å²) >= 11 is 5.76. The molecule has 0 spiro atoms. The fourth-order valence-electron chi connectivity index (χ4n) is 2.91. The van der Waals surface area contributed by atoms with Gasteiger partial charge in [-0.2, -0.15) is 0 Å². The number of halogens is 1. The molecule has 3 rings (SSSR count). The molecule has 2 fully saturated rings. The molecule has 2 aliphatic rings. The Morgan fingerprint density at radius 3 is 2.64 bits per heavy atom. The Hall–Kier alpha value is -0.600. The molecule has 1 aromatic rings. The lowest BCUT2D eigenvalue weighted by molar-refractivity contribution is 0.101. The monoisotopic (exact) mass is 209 g/mol. The maximum absolute atomic E-state index is 10.4. The molecule has 74 valence electrons. The van der Waals surface area contributed by atoms with Crippen LogP contribution in [0.3, 0.4) is 0 Å². The van der Waals surface area contributed by atoms with Crippen molar-refractivity contribution in [2.75, 3.05) is 0 Å². The molecule has 0 amide bonds. The number of rotatable bonds is 1. The Kier molecular flexibility index (Phi) is 1.68. The Morgan fingerprint density at radius 2 is 2.07 bits per heavy atom. The second kappa shape index (κ2) is 2.71. The van der Waals surface area contributed by atoms with Crippen LogP contribution in [0.2, 0.25) is 5.02 Å². The van der Waals surface area contributed by atoms with Gasteiger partial charge < -0.3 is 5.11 Å². The molecule has 0 saturated heterocycles. The van der Waals surface area contributed by atoms with Crippen LogP contribution in [0.5, 0.6) is 0 Å². The van der Waals surface area contributed by atoms with Gasteiger partial charge in [-0.3, -0.25) is 4.98 Å². The third kappa shape index (κ3) is 0.984. The first-order valence-corrected chi connectivity index (χ1v) is 5.45. The molecule has 0 aliphatic heterocycles. The van der Waals surface area contributed by atoms with Crippen LogP contribution in [0.15, 0.2) is 18.3 Å². The van der Waals surface area contributed by atoms with Crippen LogP contribution in [0.1, 0.15) is 25.0 Å². The van der Waals surface area contributed by atoms with E-state index < -0.39 is 5.60 Å². The zero-order chi connectivity index (χ0) is 9.76.